The van der Waals surface area contributed by atoms with Crippen molar-refractivity contribution in [1.29, 1.82) is 0 Å². The van der Waals surface area contributed by atoms with E-state index < -0.39 is 26.5 Å². The van der Waals surface area contributed by atoms with Gasteiger partial charge in [-0.3, -0.25) is 0 Å². The van der Waals surface area contributed by atoms with Gasteiger partial charge >= 0.3 is 6.18 Å². The maximum atomic E-state index is 13.0. The minimum Gasteiger partial charge on any atom is -0.399 e. The average Bonchev–Trinajstić information content (AvgIpc) is 2.38. The molecule has 21 heavy (non-hydrogen) atoms. The molecule has 0 aliphatic carbocycles. The summed E-state index contributed by atoms with van der Waals surface area (Å²) in [6.07, 6.45) is -4.83. The molecule has 4 nitrogen and oxygen atoms in total. The first-order valence-electron chi connectivity index (χ1n) is 5.70. The Morgan fingerprint density at radius 2 is 1.38 bits per heavy atom. The van der Waals surface area contributed by atoms with E-state index in [2.05, 4.69) is 0 Å². The first-order valence-corrected chi connectivity index (χ1v) is 7.18. The molecule has 2 rings (SSSR count). The first kappa shape index (κ1) is 15.2. The van der Waals surface area contributed by atoms with Gasteiger partial charge in [0.2, 0.25) is 9.84 Å². The Kier molecular flexibility index (Phi) is 3.58. The van der Waals surface area contributed by atoms with Crippen molar-refractivity contribution in [3.63, 3.8) is 0 Å². The van der Waals surface area contributed by atoms with E-state index in [0.29, 0.717) is 11.8 Å². The lowest BCUT2D eigenvalue weighted by Crippen LogP contribution is -2.14. The molecular weight excluding hydrogens is 305 g/mol. The summed E-state index contributed by atoms with van der Waals surface area (Å²) in [6.45, 7) is 0. The van der Waals surface area contributed by atoms with Gasteiger partial charge in [0.05, 0.1) is 15.4 Å². The minimum atomic E-state index is -4.83. The van der Waals surface area contributed by atoms with Crippen LogP contribution in [-0.4, -0.2) is 8.42 Å². The Balaban J connectivity index is 2.68. The van der Waals surface area contributed by atoms with Gasteiger partial charge in [-0.1, -0.05) is 0 Å². The standard InChI is InChI=1S/C13H11F3N2O2S/c14-13(15,16)11-7-9(18)3-6-12(11)21(19,20)10-4-1-8(17)2-5-10/h1-7H,17-18H2. The molecule has 2 aromatic carbocycles. The van der Waals surface area contributed by atoms with E-state index in [1.165, 1.54) is 12.1 Å². The van der Waals surface area contributed by atoms with Crippen LogP contribution in [0.2, 0.25) is 0 Å². The molecule has 8 heteroatoms. The zero-order valence-corrected chi connectivity index (χ0v) is 11.4. The fourth-order valence-electron chi connectivity index (χ4n) is 1.78. The van der Waals surface area contributed by atoms with Gasteiger partial charge in [0.1, 0.15) is 0 Å². The second kappa shape index (κ2) is 4.96. The Bertz CT molecular complexity index is 769. The van der Waals surface area contributed by atoms with Crippen LogP contribution in [0.5, 0.6) is 0 Å². The Morgan fingerprint density at radius 3 is 1.90 bits per heavy atom. The van der Waals surface area contributed by atoms with Crippen molar-refractivity contribution in [2.24, 2.45) is 0 Å². The number of anilines is 2. The number of nitrogens with two attached hydrogens (primary N) is 2. The summed E-state index contributed by atoms with van der Waals surface area (Å²) in [7, 11) is -4.32. The molecule has 0 amide bonds. The zero-order chi connectivity index (χ0) is 15.8. The molecule has 4 N–H and O–H groups in total. The van der Waals surface area contributed by atoms with Gasteiger partial charge in [-0.25, -0.2) is 8.42 Å². The number of sulfone groups is 1. The van der Waals surface area contributed by atoms with E-state index in [1.54, 1.807) is 0 Å². The summed E-state index contributed by atoms with van der Waals surface area (Å²) in [5.41, 5.74) is 9.60. The quantitative estimate of drug-likeness (QED) is 0.834. The summed E-state index contributed by atoms with van der Waals surface area (Å²) in [5, 5.41) is 0. The molecule has 2 aromatic rings. The summed E-state index contributed by atoms with van der Waals surface area (Å²) in [6, 6.07) is 7.48. The summed E-state index contributed by atoms with van der Waals surface area (Å²) >= 11 is 0. The van der Waals surface area contributed by atoms with E-state index in [1.807, 2.05) is 0 Å². The number of alkyl halides is 3. The second-order valence-electron chi connectivity index (χ2n) is 4.33. The summed E-state index contributed by atoms with van der Waals surface area (Å²) in [4.78, 5) is -1.11. The van der Waals surface area contributed by atoms with Gasteiger partial charge in [0.15, 0.2) is 0 Å². The van der Waals surface area contributed by atoms with Gasteiger partial charge in [0.25, 0.3) is 0 Å². The highest BCUT2D eigenvalue weighted by Crippen LogP contribution is 2.37. The average molecular weight is 316 g/mol. The molecular formula is C13H11F3N2O2S. The predicted molar refractivity (Wildman–Crippen MR) is 72.2 cm³/mol. The van der Waals surface area contributed by atoms with E-state index in [0.717, 1.165) is 24.3 Å². The Labute approximate surface area is 119 Å². The fourth-order valence-corrected chi connectivity index (χ4v) is 3.24. The third-order valence-corrected chi connectivity index (χ3v) is 4.62. The van der Waals surface area contributed by atoms with E-state index in [-0.39, 0.29) is 10.6 Å². The lowest BCUT2D eigenvalue weighted by molar-refractivity contribution is -0.139. The highest BCUT2D eigenvalue weighted by Gasteiger charge is 2.37. The van der Waals surface area contributed by atoms with Crippen LogP contribution in [0.3, 0.4) is 0 Å². The van der Waals surface area contributed by atoms with Crippen LogP contribution in [0.4, 0.5) is 24.5 Å². The van der Waals surface area contributed by atoms with Crippen molar-refractivity contribution in [2.45, 2.75) is 16.0 Å². The summed E-state index contributed by atoms with van der Waals surface area (Å²) < 4.78 is 63.7. The van der Waals surface area contributed by atoms with Crippen LogP contribution in [0.15, 0.2) is 52.3 Å². The first-order chi connectivity index (χ1) is 9.62. The molecule has 0 bridgehead atoms. The van der Waals surface area contributed by atoms with Crippen molar-refractivity contribution in [3.8, 4) is 0 Å². The van der Waals surface area contributed by atoms with Crippen molar-refractivity contribution in [3.05, 3.63) is 48.0 Å². The number of halogens is 3. The molecule has 0 saturated heterocycles. The molecule has 0 unspecified atom stereocenters. The second-order valence-corrected chi connectivity index (χ2v) is 6.24. The van der Waals surface area contributed by atoms with Gasteiger partial charge in [0, 0.05) is 11.4 Å². The van der Waals surface area contributed by atoms with Gasteiger partial charge in [-0.2, -0.15) is 13.2 Å². The predicted octanol–water partition coefficient (Wildman–Crippen LogP) is 2.70. The molecule has 0 aromatic heterocycles. The lowest BCUT2D eigenvalue weighted by atomic mass is 10.2. The smallest absolute Gasteiger partial charge is 0.399 e. The van der Waals surface area contributed by atoms with Crippen molar-refractivity contribution in [2.75, 3.05) is 11.5 Å². The molecule has 0 aliphatic rings. The van der Waals surface area contributed by atoms with E-state index >= 15 is 0 Å². The molecule has 0 fully saturated rings. The van der Waals surface area contributed by atoms with E-state index in [9.17, 15) is 21.6 Å². The fraction of sp³-hybridized carbons (Fsp3) is 0.0769. The minimum absolute atomic E-state index is 0.168. The van der Waals surface area contributed by atoms with Crippen LogP contribution in [-0.2, 0) is 16.0 Å². The molecule has 0 saturated carbocycles. The van der Waals surface area contributed by atoms with Crippen molar-refractivity contribution in [1.82, 2.24) is 0 Å². The van der Waals surface area contributed by atoms with Crippen LogP contribution in [0.25, 0.3) is 0 Å². The largest absolute Gasteiger partial charge is 0.417 e. The summed E-state index contributed by atoms with van der Waals surface area (Å²) in [5.74, 6) is 0. The SMILES string of the molecule is Nc1ccc(S(=O)(=O)c2ccc(N)cc2C(F)(F)F)cc1. The highest BCUT2D eigenvalue weighted by molar-refractivity contribution is 7.91. The number of hydrogen-bond acceptors (Lipinski definition) is 4. The molecule has 0 atom stereocenters. The molecule has 0 spiro atoms. The van der Waals surface area contributed by atoms with Crippen LogP contribution >= 0.6 is 0 Å². The molecule has 0 heterocycles. The Hall–Kier alpha value is -2.22. The third kappa shape index (κ3) is 2.94. The van der Waals surface area contributed by atoms with Crippen LogP contribution in [0, 0.1) is 0 Å². The van der Waals surface area contributed by atoms with Crippen molar-refractivity contribution >= 4 is 21.2 Å². The maximum Gasteiger partial charge on any atom is 0.417 e. The van der Waals surface area contributed by atoms with E-state index in [4.69, 9.17) is 11.5 Å². The number of benzene rings is 2. The van der Waals surface area contributed by atoms with Gasteiger partial charge in [-0.05, 0) is 42.5 Å². The van der Waals surface area contributed by atoms with Gasteiger partial charge < -0.3 is 11.5 Å². The van der Waals surface area contributed by atoms with Crippen LogP contribution in [0.1, 0.15) is 5.56 Å². The molecule has 112 valence electrons. The molecule has 0 radical (unpaired) electrons. The number of hydrogen-bond donors (Lipinski definition) is 2. The monoisotopic (exact) mass is 316 g/mol. The maximum absolute atomic E-state index is 13.0. The zero-order valence-electron chi connectivity index (χ0n) is 10.6. The normalized spacial score (nSPS) is 12.3. The van der Waals surface area contributed by atoms with Crippen molar-refractivity contribution < 1.29 is 21.6 Å². The lowest BCUT2D eigenvalue weighted by Gasteiger charge is -2.14. The number of rotatable bonds is 2. The topological polar surface area (TPSA) is 86.2 Å². The van der Waals surface area contributed by atoms with Crippen LogP contribution < -0.4 is 11.5 Å². The Morgan fingerprint density at radius 1 is 0.857 bits per heavy atom. The third-order valence-electron chi connectivity index (χ3n) is 2.79. The highest BCUT2D eigenvalue weighted by atomic mass is 32.2. The van der Waals surface area contributed by atoms with Gasteiger partial charge in [-0.15, -0.1) is 0 Å². The number of nitrogen functional groups attached to an aromatic ring is 2. The molecule has 0 aliphatic heterocycles.